The highest BCUT2D eigenvalue weighted by atomic mass is 16.5. The van der Waals surface area contributed by atoms with Crippen molar-refractivity contribution < 1.29 is 4.74 Å². The van der Waals surface area contributed by atoms with Crippen molar-refractivity contribution in [2.45, 2.75) is 13.3 Å². The van der Waals surface area contributed by atoms with Crippen LogP contribution in [-0.2, 0) is 4.74 Å². The molecular weight excluding hydrogens is 228 g/mol. The minimum absolute atomic E-state index is 0.636. The fourth-order valence-corrected chi connectivity index (χ4v) is 1.61. The van der Waals surface area contributed by atoms with E-state index in [0.717, 1.165) is 17.8 Å². The molecule has 2 heterocycles. The molecule has 0 aliphatic heterocycles. The van der Waals surface area contributed by atoms with Gasteiger partial charge in [-0.25, -0.2) is 4.52 Å². The van der Waals surface area contributed by atoms with E-state index >= 15 is 0 Å². The molecule has 96 valence electrons. The topological polar surface area (TPSA) is 51.5 Å². The molecule has 0 aliphatic carbocycles. The number of fused-ring (bicyclic) bond motifs is 1. The van der Waals surface area contributed by atoms with Crippen molar-refractivity contribution in [3.8, 4) is 0 Å². The third-order valence-corrected chi connectivity index (χ3v) is 2.54. The van der Waals surface area contributed by atoms with Crippen molar-refractivity contribution in [1.82, 2.24) is 14.6 Å². The average molecular weight is 246 g/mol. The van der Waals surface area contributed by atoms with E-state index in [9.17, 15) is 0 Å². The van der Waals surface area contributed by atoms with Crippen LogP contribution in [0.5, 0.6) is 0 Å². The molecule has 0 amide bonds. The molecule has 18 heavy (non-hydrogen) atoms. The molecule has 2 aromatic heterocycles. The summed E-state index contributed by atoms with van der Waals surface area (Å²) in [5.74, 6) is 0.636. The zero-order chi connectivity index (χ0) is 12.8. The monoisotopic (exact) mass is 246 g/mol. The number of nitrogens with one attached hydrogen (secondary N) is 1. The fraction of sp³-hybridized carbons (Fsp3) is 0.385. The molecular formula is C13H18N4O. The molecule has 0 radical (unpaired) electrons. The van der Waals surface area contributed by atoms with Gasteiger partial charge in [0.05, 0.1) is 13.2 Å². The second kappa shape index (κ2) is 6.16. The Morgan fingerprint density at radius 1 is 1.44 bits per heavy atom. The summed E-state index contributed by atoms with van der Waals surface area (Å²) in [6.07, 6.45) is 2.73. The van der Waals surface area contributed by atoms with Gasteiger partial charge in [0.25, 0.3) is 0 Å². The molecule has 0 saturated carbocycles. The smallest absolute Gasteiger partial charge is 0.243 e. The first-order valence-electron chi connectivity index (χ1n) is 6.06. The molecule has 0 aromatic carbocycles. The van der Waals surface area contributed by atoms with Gasteiger partial charge in [-0.15, -0.1) is 11.7 Å². The van der Waals surface area contributed by atoms with E-state index in [1.807, 2.05) is 35.7 Å². The third-order valence-electron chi connectivity index (χ3n) is 2.54. The Morgan fingerprint density at radius 2 is 2.33 bits per heavy atom. The summed E-state index contributed by atoms with van der Waals surface area (Å²) in [6.45, 7) is 7.70. The number of anilines is 1. The van der Waals surface area contributed by atoms with Gasteiger partial charge in [-0.2, -0.15) is 4.98 Å². The van der Waals surface area contributed by atoms with Crippen LogP contribution in [-0.4, -0.2) is 34.4 Å². The number of hydrogen-bond acceptors (Lipinski definition) is 4. The van der Waals surface area contributed by atoms with Crippen molar-refractivity contribution in [3.63, 3.8) is 0 Å². The van der Waals surface area contributed by atoms with Crippen molar-refractivity contribution >= 4 is 11.6 Å². The molecule has 2 aromatic rings. The summed E-state index contributed by atoms with van der Waals surface area (Å²) in [5.41, 5.74) is 1.92. The van der Waals surface area contributed by atoms with Gasteiger partial charge >= 0.3 is 0 Å². The highest BCUT2D eigenvalue weighted by molar-refractivity contribution is 5.44. The summed E-state index contributed by atoms with van der Waals surface area (Å²) in [5, 5.41) is 7.51. The number of nitrogens with zero attached hydrogens (tertiary/aromatic N) is 3. The van der Waals surface area contributed by atoms with Crippen LogP contribution in [0.3, 0.4) is 0 Å². The first-order chi connectivity index (χ1) is 8.81. The number of aromatic nitrogens is 3. The molecule has 0 unspecified atom stereocenters. The maximum atomic E-state index is 5.40. The minimum Gasteiger partial charge on any atom is -0.379 e. The van der Waals surface area contributed by atoms with E-state index in [1.165, 1.54) is 0 Å². The molecule has 0 aliphatic rings. The van der Waals surface area contributed by atoms with E-state index < -0.39 is 0 Å². The lowest BCUT2D eigenvalue weighted by atomic mass is 10.4. The molecule has 5 heteroatoms. The number of rotatable bonds is 7. The van der Waals surface area contributed by atoms with Crippen molar-refractivity contribution in [3.05, 3.63) is 36.5 Å². The Labute approximate surface area is 106 Å². The maximum Gasteiger partial charge on any atom is 0.243 e. The lowest BCUT2D eigenvalue weighted by molar-refractivity contribution is 0.149. The largest absolute Gasteiger partial charge is 0.379 e. The molecule has 0 saturated heterocycles. The number of pyridine rings is 1. The van der Waals surface area contributed by atoms with Gasteiger partial charge in [-0.05, 0) is 25.5 Å². The fourth-order valence-electron chi connectivity index (χ4n) is 1.61. The standard InChI is InChI=1S/C13H18N4O/c1-3-4-9-18-10-8-14-13-15-12-7-5-6-11(2)17(12)16-13/h3,5-7H,1,4,8-10H2,2H3,(H,14,16). The van der Waals surface area contributed by atoms with E-state index in [2.05, 4.69) is 22.0 Å². The van der Waals surface area contributed by atoms with Crippen LogP contribution in [0.1, 0.15) is 12.1 Å². The molecule has 0 fully saturated rings. The number of hydrogen-bond donors (Lipinski definition) is 1. The van der Waals surface area contributed by atoms with Gasteiger partial charge in [-0.3, -0.25) is 0 Å². The van der Waals surface area contributed by atoms with Crippen LogP contribution >= 0.6 is 0 Å². The lowest BCUT2D eigenvalue weighted by Crippen LogP contribution is -2.10. The summed E-state index contributed by atoms with van der Waals surface area (Å²) in [4.78, 5) is 4.38. The van der Waals surface area contributed by atoms with Crippen LogP contribution in [0.2, 0.25) is 0 Å². The van der Waals surface area contributed by atoms with Gasteiger partial charge in [0, 0.05) is 12.2 Å². The van der Waals surface area contributed by atoms with E-state index in [-0.39, 0.29) is 0 Å². The van der Waals surface area contributed by atoms with E-state index in [4.69, 9.17) is 4.74 Å². The van der Waals surface area contributed by atoms with Crippen LogP contribution in [0, 0.1) is 6.92 Å². The minimum atomic E-state index is 0.636. The molecule has 0 spiro atoms. The Balaban J connectivity index is 1.85. The van der Waals surface area contributed by atoms with Gasteiger partial charge in [-0.1, -0.05) is 12.1 Å². The first kappa shape index (κ1) is 12.6. The predicted molar refractivity (Wildman–Crippen MR) is 71.8 cm³/mol. The van der Waals surface area contributed by atoms with Crippen LogP contribution in [0.4, 0.5) is 5.95 Å². The Kier molecular flexibility index (Phi) is 4.30. The van der Waals surface area contributed by atoms with E-state index in [1.54, 1.807) is 0 Å². The Hall–Kier alpha value is -1.88. The third kappa shape index (κ3) is 3.07. The molecule has 2 rings (SSSR count). The second-order valence-corrected chi connectivity index (χ2v) is 3.99. The Bertz CT molecular complexity index is 521. The highest BCUT2D eigenvalue weighted by Gasteiger charge is 2.03. The molecule has 5 nitrogen and oxygen atoms in total. The van der Waals surface area contributed by atoms with Crippen LogP contribution < -0.4 is 5.32 Å². The van der Waals surface area contributed by atoms with Crippen molar-refractivity contribution in [2.75, 3.05) is 25.1 Å². The number of aryl methyl sites for hydroxylation is 1. The van der Waals surface area contributed by atoms with Crippen LogP contribution in [0.25, 0.3) is 5.65 Å². The first-order valence-corrected chi connectivity index (χ1v) is 6.06. The summed E-state index contributed by atoms with van der Waals surface area (Å²) in [6, 6.07) is 5.91. The Morgan fingerprint density at radius 3 is 3.11 bits per heavy atom. The second-order valence-electron chi connectivity index (χ2n) is 3.99. The zero-order valence-electron chi connectivity index (χ0n) is 10.6. The normalized spacial score (nSPS) is 10.7. The average Bonchev–Trinajstić information content (AvgIpc) is 2.78. The summed E-state index contributed by atoms with van der Waals surface area (Å²) >= 11 is 0. The van der Waals surface area contributed by atoms with Gasteiger partial charge in [0.1, 0.15) is 0 Å². The van der Waals surface area contributed by atoms with Crippen molar-refractivity contribution in [2.24, 2.45) is 0 Å². The summed E-state index contributed by atoms with van der Waals surface area (Å²) < 4.78 is 7.22. The van der Waals surface area contributed by atoms with Gasteiger partial charge in [0.2, 0.25) is 5.95 Å². The predicted octanol–water partition coefficient (Wildman–Crippen LogP) is 2.04. The lowest BCUT2D eigenvalue weighted by Gasteiger charge is -2.02. The number of ether oxygens (including phenoxy) is 1. The molecule has 0 bridgehead atoms. The molecule has 1 N–H and O–H groups in total. The molecule has 0 atom stereocenters. The van der Waals surface area contributed by atoms with Crippen LogP contribution in [0.15, 0.2) is 30.9 Å². The van der Waals surface area contributed by atoms with Gasteiger partial charge in [0.15, 0.2) is 5.65 Å². The quantitative estimate of drug-likeness (QED) is 0.600. The SMILES string of the molecule is C=CCCOCCNc1nc2cccc(C)n2n1. The maximum absolute atomic E-state index is 5.40. The van der Waals surface area contributed by atoms with E-state index in [0.29, 0.717) is 25.7 Å². The summed E-state index contributed by atoms with van der Waals surface area (Å²) in [7, 11) is 0. The zero-order valence-corrected chi connectivity index (χ0v) is 10.6. The van der Waals surface area contributed by atoms with Crippen molar-refractivity contribution in [1.29, 1.82) is 0 Å². The van der Waals surface area contributed by atoms with Gasteiger partial charge < -0.3 is 10.1 Å². The highest BCUT2D eigenvalue weighted by Crippen LogP contribution is 2.07.